The number of nitrogens with zero attached hydrogens (tertiary/aromatic N) is 4. The van der Waals surface area contributed by atoms with Gasteiger partial charge in [0.15, 0.2) is 0 Å². The number of hydrogen-bond donors (Lipinski definition) is 2. The Balaban J connectivity index is 1.26. The largest absolute Gasteiger partial charge is 0.349 e. The quantitative estimate of drug-likeness (QED) is 0.646. The van der Waals surface area contributed by atoms with E-state index in [1.165, 1.54) is 0 Å². The maximum Gasteiger partial charge on any atom is 0.225 e. The molecule has 1 saturated heterocycles. The van der Waals surface area contributed by atoms with Gasteiger partial charge in [-0.1, -0.05) is 11.6 Å². The number of aromatic nitrogens is 4. The van der Waals surface area contributed by atoms with Crippen molar-refractivity contribution in [3.63, 3.8) is 0 Å². The van der Waals surface area contributed by atoms with E-state index in [-0.39, 0.29) is 17.7 Å². The SMILES string of the molecule is Cc1ccnn1CCC(=O)N1CCC(C(=O)NCc2nc3ccc(Cl)cc3[nH]2)C1. The molecule has 1 aliphatic heterocycles. The first kappa shape index (κ1) is 19.4. The van der Waals surface area contributed by atoms with Crippen molar-refractivity contribution in [1.29, 1.82) is 0 Å². The molecular weight excluding hydrogens is 392 g/mol. The number of likely N-dealkylation sites (tertiary alicyclic amines) is 1. The Morgan fingerprint density at radius 2 is 2.21 bits per heavy atom. The van der Waals surface area contributed by atoms with E-state index in [0.717, 1.165) is 16.7 Å². The monoisotopic (exact) mass is 414 g/mol. The molecule has 29 heavy (non-hydrogen) atoms. The summed E-state index contributed by atoms with van der Waals surface area (Å²) >= 11 is 5.99. The number of nitrogens with one attached hydrogen (secondary N) is 2. The third-order valence-electron chi connectivity index (χ3n) is 5.30. The summed E-state index contributed by atoms with van der Waals surface area (Å²) in [6.07, 6.45) is 2.79. The zero-order chi connectivity index (χ0) is 20.4. The van der Waals surface area contributed by atoms with E-state index in [9.17, 15) is 9.59 Å². The third-order valence-corrected chi connectivity index (χ3v) is 5.54. The lowest BCUT2D eigenvalue weighted by atomic mass is 10.1. The molecule has 1 aliphatic rings. The van der Waals surface area contributed by atoms with Crippen LogP contribution in [-0.4, -0.2) is 49.6 Å². The summed E-state index contributed by atoms with van der Waals surface area (Å²) in [5.74, 6) is 0.492. The standard InChI is InChI=1S/C20H23ClN6O2/c1-13-4-7-23-27(13)9-6-19(28)26-8-5-14(12-26)20(29)22-11-18-24-16-3-2-15(21)10-17(16)25-18/h2-4,7,10,14H,5-6,8-9,11-12H2,1H3,(H,22,29)(H,24,25). The van der Waals surface area contributed by atoms with Gasteiger partial charge in [0.1, 0.15) is 5.82 Å². The molecule has 3 aromatic rings. The van der Waals surface area contributed by atoms with Crippen LogP contribution in [0.1, 0.15) is 24.4 Å². The lowest BCUT2D eigenvalue weighted by molar-refractivity contribution is -0.131. The zero-order valence-corrected chi connectivity index (χ0v) is 16.9. The van der Waals surface area contributed by atoms with E-state index in [1.807, 2.05) is 23.7 Å². The molecule has 0 radical (unpaired) electrons. The molecule has 1 fully saturated rings. The van der Waals surface area contributed by atoms with Crippen molar-refractivity contribution in [2.75, 3.05) is 13.1 Å². The smallest absolute Gasteiger partial charge is 0.225 e. The Kier molecular flexibility index (Phi) is 5.53. The summed E-state index contributed by atoms with van der Waals surface area (Å²) in [6, 6.07) is 7.34. The molecule has 152 valence electrons. The predicted octanol–water partition coefficient (Wildman–Crippen LogP) is 2.28. The van der Waals surface area contributed by atoms with Gasteiger partial charge < -0.3 is 15.2 Å². The van der Waals surface area contributed by atoms with E-state index >= 15 is 0 Å². The first-order valence-electron chi connectivity index (χ1n) is 9.67. The van der Waals surface area contributed by atoms with Crippen LogP contribution in [0, 0.1) is 12.8 Å². The predicted molar refractivity (Wildman–Crippen MR) is 109 cm³/mol. The molecule has 4 rings (SSSR count). The minimum Gasteiger partial charge on any atom is -0.349 e. The summed E-state index contributed by atoms with van der Waals surface area (Å²) in [6.45, 7) is 3.90. The van der Waals surface area contributed by atoms with Gasteiger partial charge in [0.25, 0.3) is 0 Å². The van der Waals surface area contributed by atoms with Gasteiger partial charge in [-0.2, -0.15) is 5.10 Å². The second kappa shape index (κ2) is 8.24. The fourth-order valence-electron chi connectivity index (χ4n) is 3.63. The summed E-state index contributed by atoms with van der Waals surface area (Å²) in [5.41, 5.74) is 2.68. The maximum absolute atomic E-state index is 12.5. The molecule has 0 saturated carbocycles. The van der Waals surface area contributed by atoms with Gasteiger partial charge >= 0.3 is 0 Å². The molecule has 0 aliphatic carbocycles. The number of carbonyl (C=O) groups is 2. The number of halogens is 1. The van der Waals surface area contributed by atoms with Gasteiger partial charge in [-0.05, 0) is 37.6 Å². The van der Waals surface area contributed by atoms with Crippen molar-refractivity contribution < 1.29 is 9.59 Å². The van der Waals surface area contributed by atoms with Crippen LogP contribution in [-0.2, 0) is 22.7 Å². The van der Waals surface area contributed by atoms with Gasteiger partial charge in [-0.3, -0.25) is 14.3 Å². The number of aryl methyl sites for hydroxylation is 2. The van der Waals surface area contributed by atoms with Crippen LogP contribution >= 0.6 is 11.6 Å². The fraction of sp³-hybridized carbons (Fsp3) is 0.400. The number of H-pyrrole nitrogens is 1. The average Bonchev–Trinajstić information content (AvgIpc) is 3.43. The maximum atomic E-state index is 12.5. The Bertz CT molecular complexity index is 1040. The number of imidazole rings is 1. The zero-order valence-electron chi connectivity index (χ0n) is 16.2. The molecule has 9 heteroatoms. The molecule has 2 amide bonds. The van der Waals surface area contributed by atoms with Crippen molar-refractivity contribution in [3.8, 4) is 0 Å². The van der Waals surface area contributed by atoms with E-state index in [4.69, 9.17) is 11.6 Å². The Morgan fingerprint density at radius 1 is 1.34 bits per heavy atom. The molecule has 8 nitrogen and oxygen atoms in total. The van der Waals surface area contributed by atoms with Gasteiger partial charge in [0.2, 0.25) is 11.8 Å². The number of aromatic amines is 1. The number of rotatable bonds is 6. The first-order valence-corrected chi connectivity index (χ1v) is 10.1. The summed E-state index contributed by atoms with van der Waals surface area (Å²) in [5, 5.41) is 7.75. The van der Waals surface area contributed by atoms with E-state index in [1.54, 1.807) is 23.2 Å². The van der Waals surface area contributed by atoms with Crippen LogP contribution in [0.15, 0.2) is 30.5 Å². The highest BCUT2D eigenvalue weighted by Crippen LogP contribution is 2.19. The number of fused-ring (bicyclic) bond motifs is 1. The highest BCUT2D eigenvalue weighted by Gasteiger charge is 2.30. The molecule has 2 aromatic heterocycles. The first-order chi connectivity index (χ1) is 14.0. The molecule has 1 aromatic carbocycles. The van der Waals surface area contributed by atoms with Crippen LogP contribution in [0.5, 0.6) is 0 Å². The van der Waals surface area contributed by atoms with E-state index < -0.39 is 0 Å². The molecule has 0 bridgehead atoms. The second-order valence-corrected chi connectivity index (χ2v) is 7.77. The summed E-state index contributed by atoms with van der Waals surface area (Å²) < 4.78 is 1.82. The average molecular weight is 415 g/mol. The van der Waals surface area contributed by atoms with Gasteiger partial charge in [-0.25, -0.2) is 4.98 Å². The Morgan fingerprint density at radius 3 is 3.00 bits per heavy atom. The van der Waals surface area contributed by atoms with Crippen molar-refractivity contribution in [2.45, 2.75) is 32.9 Å². The number of benzene rings is 1. The Labute approximate surface area is 173 Å². The van der Waals surface area contributed by atoms with E-state index in [2.05, 4.69) is 20.4 Å². The normalized spacial score (nSPS) is 16.5. The summed E-state index contributed by atoms with van der Waals surface area (Å²) in [7, 11) is 0. The minimum absolute atomic E-state index is 0.0540. The van der Waals surface area contributed by atoms with Gasteiger partial charge in [0.05, 0.1) is 23.5 Å². The number of hydrogen-bond acceptors (Lipinski definition) is 4. The van der Waals surface area contributed by atoms with Crippen LogP contribution in [0.25, 0.3) is 11.0 Å². The van der Waals surface area contributed by atoms with E-state index in [0.29, 0.717) is 49.9 Å². The number of carbonyl (C=O) groups excluding carboxylic acids is 2. The molecule has 1 unspecified atom stereocenters. The molecule has 2 N–H and O–H groups in total. The Hall–Kier alpha value is -2.87. The third kappa shape index (κ3) is 4.42. The second-order valence-electron chi connectivity index (χ2n) is 7.33. The summed E-state index contributed by atoms with van der Waals surface area (Å²) in [4.78, 5) is 34.4. The molecule has 0 spiro atoms. The molecule has 1 atom stereocenters. The highest BCUT2D eigenvalue weighted by atomic mass is 35.5. The number of amides is 2. The van der Waals surface area contributed by atoms with Crippen molar-refractivity contribution in [2.24, 2.45) is 5.92 Å². The van der Waals surface area contributed by atoms with Gasteiger partial charge in [0, 0.05) is 43.0 Å². The van der Waals surface area contributed by atoms with Crippen LogP contribution in [0.3, 0.4) is 0 Å². The van der Waals surface area contributed by atoms with Crippen molar-refractivity contribution in [3.05, 3.63) is 47.0 Å². The minimum atomic E-state index is -0.191. The highest BCUT2D eigenvalue weighted by molar-refractivity contribution is 6.31. The van der Waals surface area contributed by atoms with Gasteiger partial charge in [-0.15, -0.1) is 0 Å². The van der Waals surface area contributed by atoms with Crippen LogP contribution in [0.2, 0.25) is 5.02 Å². The lowest BCUT2D eigenvalue weighted by Crippen LogP contribution is -2.34. The fourth-order valence-corrected chi connectivity index (χ4v) is 3.80. The topological polar surface area (TPSA) is 95.9 Å². The van der Waals surface area contributed by atoms with Crippen molar-refractivity contribution >= 4 is 34.4 Å². The lowest BCUT2D eigenvalue weighted by Gasteiger charge is -2.16. The van der Waals surface area contributed by atoms with Crippen molar-refractivity contribution in [1.82, 2.24) is 30.0 Å². The molecular formula is C20H23ClN6O2. The van der Waals surface area contributed by atoms with Crippen LogP contribution < -0.4 is 5.32 Å². The van der Waals surface area contributed by atoms with Crippen LogP contribution in [0.4, 0.5) is 0 Å². The molecule has 3 heterocycles.